The number of aryl methyl sites for hydroxylation is 1. The van der Waals surface area contributed by atoms with Crippen molar-refractivity contribution in [3.05, 3.63) is 65.2 Å². The summed E-state index contributed by atoms with van der Waals surface area (Å²) in [5.41, 5.74) is 2.95. The van der Waals surface area contributed by atoms with Crippen molar-refractivity contribution in [2.75, 3.05) is 26.7 Å². The fourth-order valence-electron chi connectivity index (χ4n) is 4.86. The number of nitrogens with one attached hydrogen (secondary N) is 1. The van der Waals surface area contributed by atoms with Gasteiger partial charge in [-0.1, -0.05) is 42.0 Å². The normalized spacial score (nSPS) is 20.4. The van der Waals surface area contributed by atoms with Gasteiger partial charge >= 0.3 is 0 Å². The van der Waals surface area contributed by atoms with Crippen molar-refractivity contribution in [2.24, 2.45) is 0 Å². The Bertz CT molecular complexity index is 1050. The Kier molecular flexibility index (Phi) is 7.20. The molecule has 7 heteroatoms. The number of piperazine rings is 1. The van der Waals surface area contributed by atoms with Gasteiger partial charge in [-0.3, -0.25) is 14.4 Å². The van der Waals surface area contributed by atoms with Gasteiger partial charge < -0.3 is 19.9 Å². The number of hydrogen-bond acceptors (Lipinski definition) is 4. The van der Waals surface area contributed by atoms with E-state index in [9.17, 15) is 14.4 Å². The zero-order valence-electron chi connectivity index (χ0n) is 20.0. The first kappa shape index (κ1) is 23.8. The minimum Gasteiger partial charge on any atom is -0.497 e. The summed E-state index contributed by atoms with van der Waals surface area (Å²) in [6.07, 6.45) is 2.81. The molecule has 1 unspecified atom stereocenters. The number of nitrogens with zero attached hydrogens (tertiary/aromatic N) is 2. The molecule has 2 saturated heterocycles. The van der Waals surface area contributed by atoms with E-state index in [2.05, 4.69) is 29.6 Å². The van der Waals surface area contributed by atoms with Crippen molar-refractivity contribution < 1.29 is 19.1 Å². The van der Waals surface area contributed by atoms with Crippen molar-refractivity contribution in [2.45, 2.75) is 51.1 Å². The molecule has 180 valence electrons. The van der Waals surface area contributed by atoms with E-state index in [1.165, 1.54) is 5.56 Å². The van der Waals surface area contributed by atoms with Crippen molar-refractivity contribution in [3.8, 4) is 5.75 Å². The van der Waals surface area contributed by atoms with Crippen LogP contribution in [0.1, 0.15) is 42.4 Å². The van der Waals surface area contributed by atoms with E-state index in [1.54, 1.807) is 16.9 Å². The van der Waals surface area contributed by atoms with Crippen LogP contribution in [0.2, 0.25) is 0 Å². The van der Waals surface area contributed by atoms with Gasteiger partial charge in [0.2, 0.25) is 17.7 Å². The van der Waals surface area contributed by atoms with Crippen LogP contribution < -0.4 is 10.1 Å². The molecular weight excluding hydrogens is 430 g/mol. The summed E-state index contributed by atoms with van der Waals surface area (Å²) in [5.74, 6) is 0.725. The van der Waals surface area contributed by atoms with Gasteiger partial charge in [0, 0.05) is 38.0 Å². The van der Waals surface area contributed by atoms with E-state index in [4.69, 9.17) is 4.74 Å². The summed E-state index contributed by atoms with van der Waals surface area (Å²) in [4.78, 5) is 41.2. The maximum absolute atomic E-state index is 13.0. The minimum atomic E-state index is -0.403. The van der Waals surface area contributed by atoms with E-state index >= 15 is 0 Å². The van der Waals surface area contributed by atoms with Gasteiger partial charge in [0.25, 0.3) is 0 Å². The highest BCUT2D eigenvalue weighted by atomic mass is 16.5. The quantitative estimate of drug-likeness (QED) is 0.653. The Hall–Kier alpha value is -3.35. The minimum absolute atomic E-state index is 0.0289. The largest absolute Gasteiger partial charge is 0.497 e. The lowest BCUT2D eigenvalue weighted by molar-refractivity contribution is -0.145. The second-order valence-corrected chi connectivity index (χ2v) is 9.47. The van der Waals surface area contributed by atoms with Crippen LogP contribution in [0.5, 0.6) is 5.75 Å². The zero-order chi connectivity index (χ0) is 24.1. The average Bonchev–Trinajstić information content (AvgIpc) is 3.21. The Morgan fingerprint density at radius 3 is 2.56 bits per heavy atom. The summed E-state index contributed by atoms with van der Waals surface area (Å²) in [6.45, 7) is 3.68. The lowest BCUT2D eigenvalue weighted by Gasteiger charge is -2.35. The number of methoxy groups -OCH3 is 1. The summed E-state index contributed by atoms with van der Waals surface area (Å²) in [6, 6.07) is 16.0. The molecule has 2 aliphatic rings. The molecule has 34 heavy (non-hydrogen) atoms. The highest BCUT2D eigenvalue weighted by Crippen LogP contribution is 2.30. The maximum Gasteiger partial charge on any atom is 0.242 e. The fourth-order valence-corrected chi connectivity index (χ4v) is 4.86. The molecule has 7 nitrogen and oxygen atoms in total. The molecule has 2 fully saturated rings. The molecule has 0 saturated carbocycles. The van der Waals surface area contributed by atoms with E-state index in [1.807, 2.05) is 31.2 Å². The Morgan fingerprint density at radius 2 is 1.88 bits per heavy atom. The first-order valence-electron chi connectivity index (χ1n) is 11.9. The first-order valence-corrected chi connectivity index (χ1v) is 11.9. The van der Waals surface area contributed by atoms with Gasteiger partial charge in [-0.05, 0) is 49.4 Å². The number of benzene rings is 2. The molecule has 3 amide bonds. The van der Waals surface area contributed by atoms with Crippen LogP contribution in [0.3, 0.4) is 0 Å². The molecule has 2 heterocycles. The Balaban J connectivity index is 1.32. The molecule has 2 aromatic carbocycles. The molecule has 0 aromatic heterocycles. The standard InChI is InChI=1S/C27H33N3O4/c1-20-6-8-21(9-7-20)17-27(12-10-24(31)28-27)13-11-25(32)30-15-14-29(26(33)19-30)18-22-4-3-5-23(16-22)34-2/h3-9,16H,10-15,17-19H2,1-2H3,(H,28,31). The van der Waals surface area contributed by atoms with E-state index < -0.39 is 5.54 Å². The van der Waals surface area contributed by atoms with Crippen molar-refractivity contribution >= 4 is 17.7 Å². The number of amides is 3. The number of carbonyl (C=O) groups excluding carboxylic acids is 3. The van der Waals surface area contributed by atoms with Crippen LogP contribution in [0.15, 0.2) is 48.5 Å². The second kappa shape index (κ2) is 10.3. The third-order valence-electron chi connectivity index (χ3n) is 6.89. The van der Waals surface area contributed by atoms with Gasteiger partial charge in [-0.15, -0.1) is 0 Å². The molecule has 2 aliphatic heterocycles. The molecule has 0 aliphatic carbocycles. The SMILES string of the molecule is COc1cccc(CN2CCN(C(=O)CCC3(Cc4ccc(C)cc4)CCC(=O)N3)CC2=O)c1. The number of rotatable bonds is 8. The van der Waals surface area contributed by atoms with Crippen LogP contribution >= 0.6 is 0 Å². The monoisotopic (exact) mass is 463 g/mol. The Morgan fingerprint density at radius 1 is 1.09 bits per heavy atom. The topological polar surface area (TPSA) is 79.0 Å². The Labute approximate surface area is 201 Å². The summed E-state index contributed by atoms with van der Waals surface area (Å²) >= 11 is 0. The molecule has 1 N–H and O–H groups in total. The fraction of sp³-hybridized carbons (Fsp3) is 0.444. The molecule has 4 rings (SSSR count). The third kappa shape index (κ3) is 5.76. The van der Waals surface area contributed by atoms with Crippen molar-refractivity contribution in [1.29, 1.82) is 0 Å². The van der Waals surface area contributed by atoms with E-state index in [-0.39, 0.29) is 24.3 Å². The summed E-state index contributed by atoms with van der Waals surface area (Å²) in [5, 5.41) is 3.15. The van der Waals surface area contributed by atoms with E-state index in [0.717, 1.165) is 23.3 Å². The predicted octanol–water partition coefficient (Wildman–Crippen LogP) is 2.85. The van der Waals surface area contributed by atoms with Crippen LogP contribution in [0.4, 0.5) is 0 Å². The van der Waals surface area contributed by atoms with Gasteiger partial charge in [0.15, 0.2) is 0 Å². The first-order chi connectivity index (χ1) is 16.4. The number of carbonyl (C=O) groups is 3. The molecule has 1 atom stereocenters. The molecular formula is C27H33N3O4. The average molecular weight is 464 g/mol. The van der Waals surface area contributed by atoms with E-state index in [0.29, 0.717) is 45.3 Å². The summed E-state index contributed by atoms with van der Waals surface area (Å²) in [7, 11) is 1.62. The highest BCUT2D eigenvalue weighted by molar-refractivity contribution is 5.86. The van der Waals surface area contributed by atoms with Crippen LogP contribution in [0, 0.1) is 6.92 Å². The van der Waals surface area contributed by atoms with Crippen molar-refractivity contribution in [3.63, 3.8) is 0 Å². The zero-order valence-corrected chi connectivity index (χ0v) is 20.0. The third-order valence-corrected chi connectivity index (χ3v) is 6.89. The van der Waals surface area contributed by atoms with Crippen LogP contribution in [0.25, 0.3) is 0 Å². The smallest absolute Gasteiger partial charge is 0.242 e. The molecule has 2 aromatic rings. The van der Waals surface area contributed by atoms with Gasteiger partial charge in [0.1, 0.15) is 5.75 Å². The van der Waals surface area contributed by atoms with Gasteiger partial charge in [0.05, 0.1) is 13.7 Å². The molecule has 0 bridgehead atoms. The van der Waals surface area contributed by atoms with Crippen LogP contribution in [-0.2, 0) is 27.3 Å². The maximum atomic E-state index is 13.0. The number of ether oxygens (including phenoxy) is 1. The molecule has 0 spiro atoms. The number of hydrogen-bond donors (Lipinski definition) is 1. The lowest BCUT2D eigenvalue weighted by atomic mass is 9.84. The summed E-state index contributed by atoms with van der Waals surface area (Å²) < 4.78 is 5.26. The second-order valence-electron chi connectivity index (χ2n) is 9.47. The molecule has 0 radical (unpaired) electrons. The van der Waals surface area contributed by atoms with Gasteiger partial charge in [-0.2, -0.15) is 0 Å². The predicted molar refractivity (Wildman–Crippen MR) is 129 cm³/mol. The van der Waals surface area contributed by atoms with Crippen molar-refractivity contribution in [1.82, 2.24) is 15.1 Å². The van der Waals surface area contributed by atoms with Crippen LogP contribution in [-0.4, -0.2) is 59.8 Å². The van der Waals surface area contributed by atoms with Gasteiger partial charge in [-0.25, -0.2) is 0 Å². The highest BCUT2D eigenvalue weighted by Gasteiger charge is 2.38. The lowest BCUT2D eigenvalue weighted by Crippen LogP contribution is -2.52.